The topological polar surface area (TPSA) is 167 Å². The van der Waals surface area contributed by atoms with Gasteiger partial charge in [0.25, 0.3) is 0 Å². The van der Waals surface area contributed by atoms with Gasteiger partial charge in [0, 0.05) is 24.4 Å². The largest absolute Gasteiger partial charge is 0.497 e. The molecule has 13 heteroatoms. The van der Waals surface area contributed by atoms with Gasteiger partial charge in [-0.1, -0.05) is 12.2 Å². The molecule has 1 saturated heterocycles. The van der Waals surface area contributed by atoms with Gasteiger partial charge in [-0.15, -0.1) is 0 Å². The highest BCUT2D eigenvalue weighted by Crippen LogP contribution is 2.57. The number of benzene rings is 1. The van der Waals surface area contributed by atoms with E-state index in [1.165, 1.54) is 4.90 Å². The van der Waals surface area contributed by atoms with E-state index in [9.17, 15) is 22.8 Å². The van der Waals surface area contributed by atoms with Crippen molar-refractivity contribution in [2.75, 3.05) is 13.7 Å². The van der Waals surface area contributed by atoms with Gasteiger partial charge in [0.1, 0.15) is 17.9 Å². The molecule has 2 aliphatic heterocycles. The Labute approximate surface area is 275 Å². The number of Topliss-reactive ketones (excluding diaryl/α,β-unsaturated/α-hetero) is 1. The van der Waals surface area contributed by atoms with Crippen LogP contribution >= 0.6 is 0 Å². The normalized spacial score (nSPS) is 33.2. The third-order valence-corrected chi connectivity index (χ3v) is 12.5. The summed E-state index contributed by atoms with van der Waals surface area (Å²) in [5.74, 6) is -0.736. The number of nitrogens with two attached hydrogens (primary N) is 1. The van der Waals surface area contributed by atoms with Crippen LogP contribution in [0.1, 0.15) is 65.7 Å². The zero-order valence-electron chi connectivity index (χ0n) is 27.3. The molecule has 0 bridgehead atoms. The number of ether oxygens (including phenoxy) is 3. The Morgan fingerprint density at radius 2 is 1.96 bits per heavy atom. The highest BCUT2D eigenvalue weighted by Gasteiger charge is 2.62. The highest BCUT2D eigenvalue weighted by atomic mass is 32.2. The fourth-order valence-electron chi connectivity index (χ4n) is 6.79. The molecule has 1 aromatic heterocycles. The van der Waals surface area contributed by atoms with E-state index >= 15 is 0 Å². The van der Waals surface area contributed by atoms with Crippen LogP contribution in [0.4, 0.5) is 0 Å². The number of hydrogen-bond acceptors (Lipinski definition) is 10. The van der Waals surface area contributed by atoms with Crippen molar-refractivity contribution in [1.82, 2.24) is 14.6 Å². The third-order valence-electron chi connectivity index (χ3n) is 10.4. The van der Waals surface area contributed by atoms with E-state index in [1.54, 1.807) is 33.2 Å². The lowest BCUT2D eigenvalue weighted by Gasteiger charge is -2.30. The Morgan fingerprint density at radius 3 is 2.68 bits per heavy atom. The van der Waals surface area contributed by atoms with E-state index in [0.717, 1.165) is 10.8 Å². The van der Waals surface area contributed by atoms with Crippen LogP contribution in [0.15, 0.2) is 42.6 Å². The third kappa shape index (κ3) is 6.49. The Morgan fingerprint density at radius 1 is 1.19 bits per heavy atom. The number of rotatable bonds is 6. The number of nitrogens with one attached hydrogen (secondary N) is 1. The summed E-state index contributed by atoms with van der Waals surface area (Å²) >= 11 is 0. The molecule has 1 aromatic carbocycles. The molecule has 2 aliphatic carbocycles. The first-order chi connectivity index (χ1) is 22.3. The van der Waals surface area contributed by atoms with Crippen molar-refractivity contribution in [1.29, 1.82) is 0 Å². The van der Waals surface area contributed by atoms with Crippen LogP contribution in [0.5, 0.6) is 11.6 Å². The van der Waals surface area contributed by atoms with Crippen molar-refractivity contribution in [2.24, 2.45) is 17.1 Å². The Hall–Kier alpha value is -3.55. The zero-order valence-corrected chi connectivity index (χ0v) is 28.1. The average molecular weight is 669 g/mol. The van der Waals surface area contributed by atoms with Crippen LogP contribution in [0, 0.1) is 11.3 Å². The minimum absolute atomic E-state index is 0.0781. The molecule has 7 atom stereocenters. The number of nitrogens with zero attached hydrogens (tertiary/aromatic N) is 2. The molecule has 2 saturated carbocycles. The maximum atomic E-state index is 14.2. The van der Waals surface area contributed by atoms with E-state index in [4.69, 9.17) is 19.9 Å². The van der Waals surface area contributed by atoms with Crippen molar-refractivity contribution in [2.45, 2.75) is 101 Å². The molecule has 4 aliphatic rings. The van der Waals surface area contributed by atoms with Gasteiger partial charge in [-0.3, -0.25) is 19.1 Å². The van der Waals surface area contributed by atoms with E-state index < -0.39 is 56.3 Å². The lowest BCUT2D eigenvalue weighted by Crippen LogP contribution is -2.54. The fraction of sp³-hybridized carbons (Fsp3) is 0.588. The summed E-state index contributed by atoms with van der Waals surface area (Å²) < 4.78 is 45.2. The van der Waals surface area contributed by atoms with Crippen LogP contribution in [0.3, 0.4) is 0 Å². The number of aromatic nitrogens is 1. The predicted molar refractivity (Wildman–Crippen MR) is 174 cm³/mol. The maximum Gasteiger partial charge on any atom is 0.242 e. The maximum absolute atomic E-state index is 14.2. The number of methoxy groups -OCH3 is 1. The van der Waals surface area contributed by atoms with Crippen LogP contribution in [0.25, 0.3) is 10.8 Å². The number of allylic oxidation sites excluding steroid dienone is 2. The van der Waals surface area contributed by atoms with Gasteiger partial charge >= 0.3 is 0 Å². The van der Waals surface area contributed by atoms with Gasteiger partial charge in [0.05, 0.1) is 42.1 Å². The van der Waals surface area contributed by atoms with Crippen molar-refractivity contribution in [3.8, 4) is 11.6 Å². The first-order valence-electron chi connectivity index (χ1n) is 16.3. The van der Waals surface area contributed by atoms with Gasteiger partial charge < -0.3 is 24.8 Å². The molecule has 3 fully saturated rings. The summed E-state index contributed by atoms with van der Waals surface area (Å²) in [6.07, 6.45) is 6.61. The number of carbonyl (C=O) groups is 3. The highest BCUT2D eigenvalue weighted by molar-refractivity contribution is 7.91. The van der Waals surface area contributed by atoms with Crippen LogP contribution in [-0.2, 0) is 29.1 Å². The SMILES string of the molecule is COc1ccc2c(O[C@@H]3C[C@H]4C(=O)C[C@]5(C(=O)NS(=O)(=O)C6(C)CC6)C[C@H]5/C=C\CC[C@@H](C)O[C@@H](C)[C@H](N)C(=O)N4C3)nccc2c1. The molecule has 0 unspecified atom stereocenters. The molecule has 254 valence electrons. The molecular formula is C34H44N4O8S. The lowest BCUT2D eigenvalue weighted by atomic mass is 9.91. The van der Waals surface area contributed by atoms with Gasteiger partial charge in [-0.05, 0) is 88.4 Å². The molecule has 0 spiro atoms. The van der Waals surface area contributed by atoms with Crippen molar-refractivity contribution >= 4 is 38.4 Å². The summed E-state index contributed by atoms with van der Waals surface area (Å²) in [5, 5.41) is 1.60. The number of pyridine rings is 1. The van der Waals surface area contributed by atoms with Gasteiger partial charge in [-0.2, -0.15) is 0 Å². The monoisotopic (exact) mass is 668 g/mol. The first-order valence-corrected chi connectivity index (χ1v) is 17.8. The quantitative estimate of drug-likeness (QED) is 0.437. The molecule has 2 amide bonds. The molecule has 3 N–H and O–H groups in total. The number of amides is 2. The van der Waals surface area contributed by atoms with E-state index in [0.29, 0.717) is 43.7 Å². The van der Waals surface area contributed by atoms with Gasteiger partial charge in [0.2, 0.25) is 27.7 Å². The summed E-state index contributed by atoms with van der Waals surface area (Å²) in [6, 6.07) is 5.38. The van der Waals surface area contributed by atoms with Gasteiger partial charge in [-0.25, -0.2) is 13.4 Å². The minimum Gasteiger partial charge on any atom is -0.497 e. The van der Waals surface area contributed by atoms with Crippen LogP contribution < -0.4 is 19.9 Å². The second kappa shape index (κ2) is 12.5. The molecule has 47 heavy (non-hydrogen) atoms. The molecule has 12 nitrogen and oxygen atoms in total. The summed E-state index contributed by atoms with van der Waals surface area (Å²) in [4.78, 5) is 47.8. The lowest BCUT2D eigenvalue weighted by molar-refractivity contribution is -0.143. The van der Waals surface area contributed by atoms with E-state index in [1.807, 2.05) is 37.3 Å². The zero-order chi connectivity index (χ0) is 33.7. The molecule has 0 radical (unpaired) electrons. The first kappa shape index (κ1) is 33.4. The van der Waals surface area contributed by atoms with Crippen LogP contribution in [-0.4, -0.2) is 84.7 Å². The molecular weight excluding hydrogens is 624 g/mol. The number of sulfonamides is 1. The molecule has 3 heterocycles. The molecule has 6 rings (SSSR count). The number of hydrogen-bond donors (Lipinski definition) is 2. The van der Waals surface area contributed by atoms with Crippen molar-refractivity contribution < 1.29 is 37.0 Å². The standard InChI is InChI=1S/C34H44N4O8S/c1-20-7-5-6-8-23-17-34(23,32(41)37-47(42,43)33(3)12-13-33)18-28(39)27-16-25(19-38(27)31(40)29(35)21(2)45-20)46-30-26-10-9-24(44-4)15-22(26)11-14-36-30/h6,8-11,14-15,20-21,23,25,27,29H,5,7,12-13,16-19,35H2,1-4H3,(H,37,41)/b8-6-/t20-,21+,23-,25-,27+,29+,34-/m1/s1. The number of fused-ring (bicyclic) bond motifs is 3. The van der Waals surface area contributed by atoms with Crippen molar-refractivity contribution in [3.05, 3.63) is 42.6 Å². The summed E-state index contributed by atoms with van der Waals surface area (Å²) in [6.45, 7) is 5.35. The Kier molecular flexibility index (Phi) is 8.86. The second-order valence-electron chi connectivity index (χ2n) is 13.9. The van der Waals surface area contributed by atoms with Gasteiger partial charge in [0.15, 0.2) is 5.78 Å². The summed E-state index contributed by atoms with van der Waals surface area (Å²) in [5.41, 5.74) is 5.23. The second-order valence-corrected chi connectivity index (χ2v) is 16.1. The smallest absolute Gasteiger partial charge is 0.242 e. The average Bonchev–Trinajstić information content (AvgIpc) is 3.92. The van der Waals surface area contributed by atoms with E-state index in [2.05, 4.69) is 9.71 Å². The summed E-state index contributed by atoms with van der Waals surface area (Å²) in [7, 11) is -2.32. The predicted octanol–water partition coefficient (Wildman–Crippen LogP) is 3.03. The fourth-order valence-corrected chi connectivity index (χ4v) is 8.13. The Bertz CT molecular complexity index is 1710. The number of ketones is 1. The molecule has 2 aromatic rings. The van der Waals surface area contributed by atoms with Crippen molar-refractivity contribution in [3.63, 3.8) is 0 Å². The Balaban J connectivity index is 1.30. The van der Waals surface area contributed by atoms with Crippen LogP contribution in [0.2, 0.25) is 0 Å². The number of carbonyl (C=O) groups excluding carboxylic acids is 3. The minimum atomic E-state index is -3.91. The van der Waals surface area contributed by atoms with E-state index in [-0.39, 0.29) is 37.2 Å².